The van der Waals surface area contributed by atoms with Gasteiger partial charge in [0.05, 0.1) is 19.3 Å². The average Bonchev–Trinajstić information content (AvgIpc) is 1.87. The number of likely N-dealkylation sites (N-methyl/N-ethyl adjacent to an activating group) is 1. The van der Waals surface area contributed by atoms with Crippen LogP contribution in [0.5, 0.6) is 0 Å². The summed E-state index contributed by atoms with van der Waals surface area (Å²) in [5, 5.41) is 0. The summed E-state index contributed by atoms with van der Waals surface area (Å²) >= 11 is 0. The highest BCUT2D eigenvalue weighted by Gasteiger charge is 1.97. The summed E-state index contributed by atoms with van der Waals surface area (Å²) < 4.78 is 5.30. The number of carbonyl (C=O) groups excluding carboxylic acids is 1. The molecule has 0 saturated heterocycles. The SMILES string of the molecule is CC(C)OCCN(C)CC=O. The molecule has 0 bridgehead atoms. The van der Waals surface area contributed by atoms with Crippen molar-refractivity contribution in [1.82, 2.24) is 4.90 Å². The van der Waals surface area contributed by atoms with Gasteiger partial charge < -0.3 is 9.53 Å². The molecule has 0 aliphatic carbocycles. The highest BCUT2D eigenvalue weighted by molar-refractivity contribution is 5.51. The third-order valence-corrected chi connectivity index (χ3v) is 1.31. The van der Waals surface area contributed by atoms with Gasteiger partial charge in [-0.15, -0.1) is 0 Å². The Morgan fingerprint density at radius 3 is 2.64 bits per heavy atom. The Kier molecular flexibility index (Phi) is 6.07. The zero-order chi connectivity index (χ0) is 8.69. The van der Waals surface area contributed by atoms with Crippen molar-refractivity contribution in [2.24, 2.45) is 0 Å². The zero-order valence-corrected chi connectivity index (χ0v) is 7.54. The van der Waals surface area contributed by atoms with E-state index in [0.29, 0.717) is 13.2 Å². The van der Waals surface area contributed by atoms with E-state index in [2.05, 4.69) is 0 Å². The highest BCUT2D eigenvalue weighted by Crippen LogP contribution is 1.87. The van der Waals surface area contributed by atoms with E-state index in [-0.39, 0.29) is 6.10 Å². The standard InChI is InChI=1S/C8H17NO2/c1-8(2)11-7-5-9(3)4-6-10/h6,8H,4-5,7H2,1-3H3. The molecule has 0 aliphatic rings. The zero-order valence-electron chi connectivity index (χ0n) is 7.54. The quantitative estimate of drug-likeness (QED) is 0.530. The fourth-order valence-electron chi connectivity index (χ4n) is 0.663. The summed E-state index contributed by atoms with van der Waals surface area (Å²) in [5.74, 6) is 0. The van der Waals surface area contributed by atoms with Gasteiger partial charge in [-0.25, -0.2) is 0 Å². The first-order valence-electron chi connectivity index (χ1n) is 3.90. The van der Waals surface area contributed by atoms with Crippen molar-refractivity contribution in [2.45, 2.75) is 20.0 Å². The van der Waals surface area contributed by atoms with Gasteiger partial charge in [-0.2, -0.15) is 0 Å². The Balaban J connectivity index is 3.16. The van der Waals surface area contributed by atoms with E-state index >= 15 is 0 Å². The van der Waals surface area contributed by atoms with E-state index in [4.69, 9.17) is 4.74 Å². The topological polar surface area (TPSA) is 29.5 Å². The minimum absolute atomic E-state index is 0.277. The van der Waals surface area contributed by atoms with Crippen molar-refractivity contribution in [3.05, 3.63) is 0 Å². The number of rotatable bonds is 6. The Labute approximate surface area is 68.3 Å². The van der Waals surface area contributed by atoms with Gasteiger partial charge in [-0.1, -0.05) is 0 Å². The summed E-state index contributed by atoms with van der Waals surface area (Å²) in [6, 6.07) is 0. The number of hydrogen-bond acceptors (Lipinski definition) is 3. The van der Waals surface area contributed by atoms with Crippen LogP contribution < -0.4 is 0 Å². The molecule has 0 N–H and O–H groups in total. The third kappa shape index (κ3) is 7.49. The molecule has 11 heavy (non-hydrogen) atoms. The third-order valence-electron chi connectivity index (χ3n) is 1.31. The van der Waals surface area contributed by atoms with Gasteiger partial charge in [0, 0.05) is 6.54 Å². The number of ether oxygens (including phenoxy) is 1. The van der Waals surface area contributed by atoms with Crippen LogP contribution in [-0.2, 0) is 9.53 Å². The molecule has 0 saturated carbocycles. The Morgan fingerprint density at radius 2 is 2.18 bits per heavy atom. The molecule has 0 radical (unpaired) electrons. The van der Waals surface area contributed by atoms with Crippen LogP contribution in [0.3, 0.4) is 0 Å². The molecule has 0 spiro atoms. The number of aldehydes is 1. The average molecular weight is 159 g/mol. The van der Waals surface area contributed by atoms with Crippen molar-refractivity contribution in [2.75, 3.05) is 26.7 Å². The molecule has 0 aromatic carbocycles. The molecule has 0 amide bonds. The first-order chi connectivity index (χ1) is 5.16. The van der Waals surface area contributed by atoms with E-state index in [0.717, 1.165) is 12.8 Å². The molecule has 0 aliphatic heterocycles. The maximum atomic E-state index is 10.0. The fourth-order valence-corrected chi connectivity index (χ4v) is 0.663. The minimum atomic E-state index is 0.277. The maximum absolute atomic E-state index is 10.0. The van der Waals surface area contributed by atoms with Crippen molar-refractivity contribution < 1.29 is 9.53 Å². The molecule has 3 heteroatoms. The molecule has 0 aromatic heterocycles. The summed E-state index contributed by atoms with van der Waals surface area (Å²) in [5.41, 5.74) is 0. The number of nitrogens with zero attached hydrogens (tertiary/aromatic N) is 1. The summed E-state index contributed by atoms with van der Waals surface area (Å²) in [6.45, 7) is 6.00. The molecule has 0 rings (SSSR count). The lowest BCUT2D eigenvalue weighted by Crippen LogP contribution is -2.25. The lowest BCUT2D eigenvalue weighted by Gasteiger charge is -2.14. The van der Waals surface area contributed by atoms with Crippen molar-refractivity contribution in [3.8, 4) is 0 Å². The fraction of sp³-hybridized carbons (Fsp3) is 0.875. The number of carbonyl (C=O) groups is 1. The Bertz CT molecular complexity index is 104. The van der Waals surface area contributed by atoms with E-state index in [1.807, 2.05) is 25.8 Å². The molecule has 0 heterocycles. The highest BCUT2D eigenvalue weighted by atomic mass is 16.5. The van der Waals surface area contributed by atoms with Gasteiger partial charge in [0.1, 0.15) is 6.29 Å². The van der Waals surface area contributed by atoms with Gasteiger partial charge in [-0.05, 0) is 20.9 Å². The minimum Gasteiger partial charge on any atom is -0.377 e. The van der Waals surface area contributed by atoms with Crippen LogP contribution in [-0.4, -0.2) is 44.0 Å². The lowest BCUT2D eigenvalue weighted by molar-refractivity contribution is -0.108. The Hall–Kier alpha value is -0.410. The molecular formula is C8H17NO2. The largest absolute Gasteiger partial charge is 0.377 e. The van der Waals surface area contributed by atoms with Crippen LogP contribution >= 0.6 is 0 Å². The van der Waals surface area contributed by atoms with E-state index < -0.39 is 0 Å². The van der Waals surface area contributed by atoms with Gasteiger partial charge in [0.15, 0.2) is 0 Å². The molecule has 0 unspecified atom stereocenters. The normalized spacial score (nSPS) is 11.0. The Morgan fingerprint density at radius 1 is 1.55 bits per heavy atom. The van der Waals surface area contributed by atoms with Gasteiger partial charge >= 0.3 is 0 Å². The second-order valence-corrected chi connectivity index (χ2v) is 2.85. The molecule has 3 nitrogen and oxygen atoms in total. The van der Waals surface area contributed by atoms with Crippen LogP contribution in [0.4, 0.5) is 0 Å². The summed E-state index contributed by atoms with van der Waals surface area (Å²) in [7, 11) is 1.90. The van der Waals surface area contributed by atoms with Crippen LogP contribution in [0.2, 0.25) is 0 Å². The van der Waals surface area contributed by atoms with Crippen molar-refractivity contribution >= 4 is 6.29 Å². The molecule has 66 valence electrons. The van der Waals surface area contributed by atoms with Crippen LogP contribution in [0.15, 0.2) is 0 Å². The van der Waals surface area contributed by atoms with E-state index in [9.17, 15) is 4.79 Å². The second kappa shape index (κ2) is 6.31. The number of hydrogen-bond donors (Lipinski definition) is 0. The smallest absolute Gasteiger partial charge is 0.133 e. The lowest BCUT2D eigenvalue weighted by atomic mass is 10.5. The maximum Gasteiger partial charge on any atom is 0.133 e. The first kappa shape index (κ1) is 10.6. The van der Waals surface area contributed by atoms with E-state index in [1.165, 1.54) is 0 Å². The predicted molar refractivity (Wildman–Crippen MR) is 44.6 cm³/mol. The summed E-state index contributed by atoms with van der Waals surface area (Å²) in [6.07, 6.45) is 1.18. The molecule has 0 atom stereocenters. The van der Waals surface area contributed by atoms with Gasteiger partial charge in [0.2, 0.25) is 0 Å². The predicted octanol–water partition coefficient (Wildman–Crippen LogP) is 0.542. The molecule has 0 aromatic rings. The van der Waals surface area contributed by atoms with Crippen LogP contribution in [0.1, 0.15) is 13.8 Å². The second-order valence-electron chi connectivity index (χ2n) is 2.85. The monoisotopic (exact) mass is 159 g/mol. The van der Waals surface area contributed by atoms with Gasteiger partial charge in [-0.3, -0.25) is 4.90 Å². The molecule has 0 fully saturated rings. The van der Waals surface area contributed by atoms with Gasteiger partial charge in [0.25, 0.3) is 0 Å². The van der Waals surface area contributed by atoms with E-state index in [1.54, 1.807) is 0 Å². The first-order valence-corrected chi connectivity index (χ1v) is 3.90. The van der Waals surface area contributed by atoms with Crippen LogP contribution in [0.25, 0.3) is 0 Å². The molecular weight excluding hydrogens is 142 g/mol. The van der Waals surface area contributed by atoms with Crippen LogP contribution in [0, 0.1) is 0 Å². The van der Waals surface area contributed by atoms with Crippen molar-refractivity contribution in [3.63, 3.8) is 0 Å². The summed E-state index contributed by atoms with van der Waals surface area (Å²) in [4.78, 5) is 12.0. The van der Waals surface area contributed by atoms with Crippen molar-refractivity contribution in [1.29, 1.82) is 0 Å².